The van der Waals surface area contributed by atoms with Gasteiger partial charge in [0.05, 0.1) is 38.8 Å². The number of hydrogen-bond acceptors (Lipinski definition) is 6. The van der Waals surface area contributed by atoms with E-state index in [-0.39, 0.29) is 29.6 Å². The standard InChI is InChI=1S/C26H31FN4O4/c1-34-21-7-2-18-14-22(26(33)28-20-5-3-19(27)4-6-20)24-16-29(8-9-31(24)23(18)15-21)17-25(32)30-10-12-35-13-11-30/h2-7,15,22,24H,8-14,16-17H2,1H3,(H,28,33)/t22-,24-/m0/s1. The van der Waals surface area contributed by atoms with Crippen molar-refractivity contribution in [3.05, 3.63) is 53.8 Å². The first-order chi connectivity index (χ1) is 17.0. The van der Waals surface area contributed by atoms with Gasteiger partial charge in [-0.3, -0.25) is 14.5 Å². The first-order valence-corrected chi connectivity index (χ1v) is 12.1. The molecule has 35 heavy (non-hydrogen) atoms. The summed E-state index contributed by atoms with van der Waals surface area (Å²) in [5, 5.41) is 2.97. The molecule has 0 saturated carbocycles. The fourth-order valence-corrected chi connectivity index (χ4v) is 5.28. The fourth-order valence-electron chi connectivity index (χ4n) is 5.28. The number of ether oxygens (including phenoxy) is 2. The number of benzene rings is 2. The second kappa shape index (κ2) is 10.2. The van der Waals surface area contributed by atoms with Gasteiger partial charge < -0.3 is 24.6 Å². The van der Waals surface area contributed by atoms with Crippen molar-refractivity contribution in [3.63, 3.8) is 0 Å². The summed E-state index contributed by atoms with van der Waals surface area (Å²) >= 11 is 0. The second-order valence-electron chi connectivity index (χ2n) is 9.29. The van der Waals surface area contributed by atoms with Gasteiger partial charge in [0, 0.05) is 50.2 Å². The minimum absolute atomic E-state index is 0.0960. The highest BCUT2D eigenvalue weighted by Crippen LogP contribution is 2.38. The van der Waals surface area contributed by atoms with Gasteiger partial charge in [-0.1, -0.05) is 6.07 Å². The normalized spacial score (nSPS) is 22.2. The van der Waals surface area contributed by atoms with E-state index >= 15 is 0 Å². The summed E-state index contributed by atoms with van der Waals surface area (Å²) in [7, 11) is 1.65. The molecule has 0 radical (unpaired) electrons. The van der Waals surface area contributed by atoms with Crippen molar-refractivity contribution >= 4 is 23.2 Å². The molecule has 3 aliphatic rings. The Kier molecular flexibility index (Phi) is 6.88. The molecule has 2 amide bonds. The van der Waals surface area contributed by atoms with Gasteiger partial charge in [-0.05, 0) is 42.3 Å². The van der Waals surface area contributed by atoms with E-state index in [1.165, 1.54) is 12.1 Å². The summed E-state index contributed by atoms with van der Waals surface area (Å²) in [6.07, 6.45) is 0.582. The van der Waals surface area contributed by atoms with Crippen LogP contribution in [-0.4, -0.2) is 87.2 Å². The molecule has 0 bridgehead atoms. The Morgan fingerprint density at radius 1 is 1.09 bits per heavy atom. The molecule has 0 aliphatic carbocycles. The van der Waals surface area contributed by atoms with E-state index in [9.17, 15) is 14.0 Å². The maximum Gasteiger partial charge on any atom is 0.236 e. The number of carbonyl (C=O) groups is 2. The van der Waals surface area contributed by atoms with Gasteiger partial charge in [0.15, 0.2) is 0 Å². The van der Waals surface area contributed by atoms with Crippen molar-refractivity contribution in [2.24, 2.45) is 5.92 Å². The number of nitrogens with zero attached hydrogens (tertiary/aromatic N) is 3. The minimum atomic E-state index is -0.345. The van der Waals surface area contributed by atoms with Gasteiger partial charge in [0.1, 0.15) is 11.6 Å². The Hall–Kier alpha value is -3.17. The number of hydrogen-bond donors (Lipinski definition) is 1. The molecule has 0 aromatic heterocycles. The third-order valence-corrected chi connectivity index (χ3v) is 7.18. The number of rotatable bonds is 5. The molecule has 2 fully saturated rings. The molecule has 0 spiro atoms. The van der Waals surface area contributed by atoms with Crippen LogP contribution < -0.4 is 15.0 Å². The summed E-state index contributed by atoms with van der Waals surface area (Å²) in [6.45, 7) is 4.78. The first kappa shape index (κ1) is 23.6. The van der Waals surface area contributed by atoms with Crippen molar-refractivity contribution in [3.8, 4) is 5.75 Å². The Labute approximate surface area is 204 Å². The summed E-state index contributed by atoms with van der Waals surface area (Å²) in [4.78, 5) is 32.6. The Morgan fingerprint density at radius 2 is 1.86 bits per heavy atom. The predicted octanol–water partition coefficient (Wildman–Crippen LogP) is 1.99. The number of methoxy groups -OCH3 is 1. The lowest BCUT2D eigenvalue weighted by molar-refractivity contribution is -0.136. The zero-order chi connectivity index (χ0) is 24.4. The van der Waals surface area contributed by atoms with Crippen LogP contribution >= 0.6 is 0 Å². The molecule has 0 unspecified atom stereocenters. The Morgan fingerprint density at radius 3 is 2.60 bits per heavy atom. The highest BCUT2D eigenvalue weighted by molar-refractivity contribution is 5.94. The zero-order valence-electron chi connectivity index (χ0n) is 19.9. The Balaban J connectivity index is 1.36. The van der Waals surface area contributed by atoms with Crippen molar-refractivity contribution in [2.45, 2.75) is 12.5 Å². The second-order valence-corrected chi connectivity index (χ2v) is 9.29. The monoisotopic (exact) mass is 482 g/mol. The molecule has 3 heterocycles. The number of halogens is 1. The van der Waals surface area contributed by atoms with Gasteiger partial charge in [-0.15, -0.1) is 0 Å². The number of fused-ring (bicyclic) bond motifs is 3. The highest BCUT2D eigenvalue weighted by atomic mass is 19.1. The lowest BCUT2D eigenvalue weighted by atomic mass is 9.83. The van der Waals surface area contributed by atoms with Crippen molar-refractivity contribution in [1.29, 1.82) is 0 Å². The lowest BCUT2D eigenvalue weighted by Gasteiger charge is -2.49. The summed E-state index contributed by atoms with van der Waals surface area (Å²) in [5.41, 5.74) is 2.75. The van der Waals surface area contributed by atoms with Gasteiger partial charge in [0.25, 0.3) is 0 Å². The number of morpholine rings is 1. The number of nitrogens with one attached hydrogen (secondary N) is 1. The van der Waals surface area contributed by atoms with Gasteiger partial charge >= 0.3 is 0 Å². The number of anilines is 2. The van der Waals surface area contributed by atoms with Crippen LogP contribution in [-0.2, 0) is 20.7 Å². The molecular formula is C26H31FN4O4. The topological polar surface area (TPSA) is 74.3 Å². The molecule has 8 nitrogen and oxygen atoms in total. The third kappa shape index (κ3) is 5.11. The SMILES string of the molecule is COc1ccc2c(c1)N1CCN(CC(=O)N3CCOCC3)C[C@H]1[C@@H](C(=O)Nc1ccc(F)cc1)C2. The summed E-state index contributed by atoms with van der Waals surface area (Å²) in [6, 6.07) is 11.7. The van der Waals surface area contributed by atoms with Crippen LogP contribution in [0.4, 0.5) is 15.8 Å². The van der Waals surface area contributed by atoms with Crippen molar-refractivity contribution < 1.29 is 23.5 Å². The van der Waals surface area contributed by atoms with Crippen LogP contribution in [0.1, 0.15) is 5.56 Å². The molecule has 3 aliphatic heterocycles. The van der Waals surface area contributed by atoms with Crippen LogP contribution in [0.25, 0.3) is 0 Å². The van der Waals surface area contributed by atoms with Crippen LogP contribution in [0.5, 0.6) is 5.75 Å². The van der Waals surface area contributed by atoms with Crippen LogP contribution in [0, 0.1) is 11.7 Å². The van der Waals surface area contributed by atoms with Crippen LogP contribution in [0.3, 0.4) is 0 Å². The van der Waals surface area contributed by atoms with Crippen molar-refractivity contribution in [2.75, 3.05) is 69.8 Å². The van der Waals surface area contributed by atoms with Crippen molar-refractivity contribution in [1.82, 2.24) is 9.80 Å². The molecule has 2 saturated heterocycles. The fraction of sp³-hybridized carbons (Fsp3) is 0.462. The average Bonchev–Trinajstić information content (AvgIpc) is 2.89. The van der Waals surface area contributed by atoms with Gasteiger partial charge in [-0.2, -0.15) is 0 Å². The van der Waals surface area contributed by atoms with E-state index in [0.29, 0.717) is 58.0 Å². The largest absolute Gasteiger partial charge is 0.497 e. The molecule has 5 rings (SSSR count). The van der Waals surface area contributed by atoms with E-state index < -0.39 is 0 Å². The van der Waals surface area contributed by atoms with Crippen LogP contribution in [0.2, 0.25) is 0 Å². The molecule has 2 aromatic carbocycles. The number of amides is 2. The van der Waals surface area contributed by atoms with E-state index in [4.69, 9.17) is 9.47 Å². The average molecular weight is 483 g/mol. The summed E-state index contributed by atoms with van der Waals surface area (Å²) in [5.74, 6) is 0.118. The smallest absolute Gasteiger partial charge is 0.236 e. The quantitative estimate of drug-likeness (QED) is 0.703. The van der Waals surface area contributed by atoms with E-state index in [1.54, 1.807) is 19.2 Å². The number of carbonyl (C=O) groups excluding carboxylic acids is 2. The molecule has 2 atom stereocenters. The molecule has 186 valence electrons. The number of piperazine rings is 1. The minimum Gasteiger partial charge on any atom is -0.497 e. The summed E-state index contributed by atoms with van der Waals surface area (Å²) < 4.78 is 24.2. The maximum absolute atomic E-state index is 13.5. The Bertz CT molecular complexity index is 1070. The third-order valence-electron chi connectivity index (χ3n) is 7.18. The van der Waals surface area contributed by atoms with E-state index in [1.807, 2.05) is 23.1 Å². The molecule has 1 N–H and O–H groups in total. The molecular weight excluding hydrogens is 451 g/mol. The highest BCUT2D eigenvalue weighted by Gasteiger charge is 2.42. The van der Waals surface area contributed by atoms with Gasteiger partial charge in [-0.25, -0.2) is 4.39 Å². The lowest BCUT2D eigenvalue weighted by Crippen LogP contribution is -2.61. The van der Waals surface area contributed by atoms with Crippen LogP contribution in [0.15, 0.2) is 42.5 Å². The first-order valence-electron chi connectivity index (χ1n) is 12.1. The van der Waals surface area contributed by atoms with Gasteiger partial charge in [0.2, 0.25) is 11.8 Å². The maximum atomic E-state index is 13.5. The van der Waals surface area contributed by atoms with E-state index in [2.05, 4.69) is 15.1 Å². The zero-order valence-corrected chi connectivity index (χ0v) is 19.9. The predicted molar refractivity (Wildman–Crippen MR) is 130 cm³/mol. The van der Waals surface area contributed by atoms with E-state index in [0.717, 1.165) is 23.5 Å². The molecule has 9 heteroatoms. The molecule has 2 aromatic rings.